The molecule has 10 nitrogen and oxygen atoms in total. The molecule has 1 aromatic carbocycles. The van der Waals surface area contributed by atoms with Crippen LogP contribution in [0.15, 0.2) is 30.0 Å². The number of carbonyl (C=O) groups is 4. The highest BCUT2D eigenvalue weighted by Crippen LogP contribution is 2.50. The number of ether oxygens (including phenoxy) is 1. The highest BCUT2D eigenvalue weighted by molar-refractivity contribution is 8.26. The lowest BCUT2D eigenvalue weighted by Crippen LogP contribution is -2.67. The number of nitrogens with one attached hydrogen (secondary N) is 3. The third kappa shape index (κ3) is 5.11. The molecule has 0 aromatic heterocycles. The van der Waals surface area contributed by atoms with Crippen LogP contribution in [-0.2, 0) is 30.3 Å². The first kappa shape index (κ1) is 30.2. The maximum Gasteiger partial charge on any atom is 0.294 e. The number of nitrogens with zero attached hydrogens (tertiary/aromatic N) is 2. The van der Waals surface area contributed by atoms with Crippen LogP contribution in [0.5, 0.6) is 0 Å². The van der Waals surface area contributed by atoms with Gasteiger partial charge in [0, 0.05) is 57.4 Å². The Bertz CT molecular complexity index is 1400. The fourth-order valence-corrected chi connectivity index (χ4v) is 7.55. The number of fused-ring (bicyclic) bond motifs is 2. The third-order valence-corrected chi connectivity index (χ3v) is 10.1. The van der Waals surface area contributed by atoms with Gasteiger partial charge in [0.15, 0.2) is 5.66 Å². The molecule has 1 spiro atoms. The van der Waals surface area contributed by atoms with Gasteiger partial charge in [0.25, 0.3) is 11.7 Å². The number of hydrogen-bond acceptors (Lipinski definition) is 8. The molecule has 1 aliphatic carbocycles. The number of hydrogen-bond donors (Lipinski definition) is 3. The predicted molar refractivity (Wildman–Crippen MR) is 151 cm³/mol. The molecular formula is C29H34F2N5O5S+. The smallest absolute Gasteiger partial charge is 0.294 e. The Balaban J connectivity index is 1.34. The van der Waals surface area contributed by atoms with E-state index in [1.165, 1.54) is 17.2 Å². The van der Waals surface area contributed by atoms with Crippen LogP contribution in [0.25, 0.3) is 0 Å². The van der Waals surface area contributed by atoms with E-state index in [2.05, 4.69) is 5.32 Å². The van der Waals surface area contributed by atoms with Gasteiger partial charge < -0.3 is 10.1 Å². The van der Waals surface area contributed by atoms with Crippen molar-refractivity contribution in [3.05, 3.63) is 47.2 Å². The molecule has 4 aliphatic rings. The van der Waals surface area contributed by atoms with Crippen molar-refractivity contribution in [1.29, 1.82) is 10.8 Å². The van der Waals surface area contributed by atoms with Gasteiger partial charge in [0.2, 0.25) is 17.7 Å². The number of carbonyl (C=O) groups excluding carboxylic acids is 4. The molecule has 1 aromatic rings. The van der Waals surface area contributed by atoms with Gasteiger partial charge in [-0.1, -0.05) is 17.8 Å². The van der Waals surface area contributed by atoms with Crippen molar-refractivity contribution in [3.63, 3.8) is 0 Å². The van der Waals surface area contributed by atoms with Crippen LogP contribution >= 0.6 is 11.8 Å². The van der Waals surface area contributed by atoms with Gasteiger partial charge >= 0.3 is 0 Å². The average Bonchev–Trinajstić information content (AvgIpc) is 3.53. The summed E-state index contributed by atoms with van der Waals surface area (Å²) in [6, 6.07) is 1.70. The molecule has 5 rings (SSSR count). The molecule has 0 radical (unpaired) electrons. The van der Waals surface area contributed by atoms with E-state index in [9.17, 15) is 28.0 Å². The van der Waals surface area contributed by atoms with Gasteiger partial charge in [-0.25, -0.2) is 8.78 Å². The first-order chi connectivity index (χ1) is 19.9. The second-order valence-electron chi connectivity index (χ2n) is 11.7. The van der Waals surface area contributed by atoms with E-state index in [0.717, 1.165) is 12.5 Å². The quantitative estimate of drug-likeness (QED) is 0.150. The SMILES string of the molecule is CN1C(=O)C2C(=O)C(=O)C(C(=N)SC(=N)Cc3ccc(F)cc3F)=C[N+]2(C)C12CCC(C(=O)NCC1CCOC1)CC2. The van der Waals surface area contributed by atoms with Crippen molar-refractivity contribution >= 4 is 45.2 Å². The summed E-state index contributed by atoms with van der Waals surface area (Å²) in [4.78, 5) is 54.4. The van der Waals surface area contributed by atoms with Crippen LogP contribution in [0.3, 0.4) is 0 Å². The second-order valence-corrected chi connectivity index (χ2v) is 12.8. The zero-order chi connectivity index (χ0) is 30.4. The van der Waals surface area contributed by atoms with Gasteiger partial charge in [0.1, 0.15) is 28.5 Å². The predicted octanol–water partition coefficient (Wildman–Crippen LogP) is 2.56. The maximum atomic E-state index is 14.1. The van der Waals surface area contributed by atoms with E-state index >= 15 is 0 Å². The number of amides is 2. The molecule has 3 atom stereocenters. The average molecular weight is 603 g/mol. The zero-order valence-corrected chi connectivity index (χ0v) is 24.3. The summed E-state index contributed by atoms with van der Waals surface area (Å²) >= 11 is 0.604. The maximum absolute atomic E-state index is 14.1. The lowest BCUT2D eigenvalue weighted by Gasteiger charge is -2.50. The zero-order valence-electron chi connectivity index (χ0n) is 23.5. The Morgan fingerprint density at radius 3 is 2.55 bits per heavy atom. The number of benzene rings is 1. The van der Waals surface area contributed by atoms with Crippen LogP contribution < -0.4 is 5.32 Å². The van der Waals surface area contributed by atoms with Gasteiger partial charge in [-0.3, -0.25) is 39.4 Å². The summed E-state index contributed by atoms with van der Waals surface area (Å²) in [7, 11) is 3.32. The van der Waals surface area contributed by atoms with Gasteiger partial charge in [0.05, 0.1) is 18.7 Å². The highest BCUT2D eigenvalue weighted by atomic mass is 32.2. The molecule has 3 unspecified atom stereocenters. The van der Waals surface area contributed by atoms with Crippen LogP contribution in [0.4, 0.5) is 8.78 Å². The molecule has 3 N–H and O–H groups in total. The lowest BCUT2D eigenvalue weighted by molar-refractivity contribution is -0.921. The lowest BCUT2D eigenvalue weighted by atomic mass is 9.78. The highest BCUT2D eigenvalue weighted by Gasteiger charge is 2.70. The number of halogens is 2. The van der Waals surface area contributed by atoms with Crippen LogP contribution in [-0.4, -0.2) is 88.4 Å². The number of ketones is 2. The minimum Gasteiger partial charge on any atom is -0.381 e. The Labute approximate surface area is 246 Å². The monoisotopic (exact) mass is 602 g/mol. The molecule has 224 valence electrons. The third-order valence-electron chi connectivity index (χ3n) is 9.32. The summed E-state index contributed by atoms with van der Waals surface area (Å²) in [6.45, 7) is 1.89. The number of thioether (sulfide) groups is 1. The Kier molecular flexibility index (Phi) is 8.20. The Hall–Kier alpha value is -3.29. The van der Waals surface area contributed by atoms with E-state index in [0.29, 0.717) is 69.2 Å². The summed E-state index contributed by atoms with van der Waals surface area (Å²) in [6.07, 6.45) is 3.96. The first-order valence-electron chi connectivity index (χ1n) is 14.0. The Morgan fingerprint density at radius 2 is 1.90 bits per heavy atom. The topological polar surface area (TPSA) is 140 Å². The number of quaternary nitrogens is 1. The standard InChI is InChI=1S/C29H33F2N5O5S/c1-35-28(40)23-25(38)24(37)20(26(33)42-22(32)11-18-3-4-19(30)12-21(18)31)14-36(23,2)29(35)8-5-17(6-9-29)27(39)34-13-16-7-10-41-15-16/h3-4,12,14,16-17,23,32-33H,5-11,13,15H2,1-2H3/p+1. The Morgan fingerprint density at radius 1 is 1.19 bits per heavy atom. The van der Waals surface area contributed by atoms with Crippen LogP contribution in [0.2, 0.25) is 0 Å². The summed E-state index contributed by atoms with van der Waals surface area (Å²) < 4.78 is 32.5. The number of rotatable bonds is 6. The first-order valence-corrected chi connectivity index (χ1v) is 14.8. The van der Waals surface area contributed by atoms with E-state index in [1.54, 1.807) is 14.1 Å². The number of likely N-dealkylation sites (N-methyl/N-ethyl adjacent to an activating group) is 2. The van der Waals surface area contributed by atoms with Crippen molar-refractivity contribution in [2.75, 3.05) is 33.9 Å². The molecule has 0 bridgehead atoms. The molecule has 2 saturated heterocycles. The minimum absolute atomic E-state index is 0.0432. The fourth-order valence-electron chi connectivity index (χ4n) is 6.82. The molecular weight excluding hydrogens is 568 g/mol. The normalized spacial score (nSPS) is 30.9. The van der Waals surface area contributed by atoms with Crippen molar-refractivity contribution in [2.45, 2.75) is 50.2 Å². The van der Waals surface area contributed by atoms with Crippen molar-refractivity contribution in [3.8, 4) is 0 Å². The van der Waals surface area contributed by atoms with E-state index in [-0.39, 0.29) is 44.0 Å². The van der Waals surface area contributed by atoms with E-state index in [4.69, 9.17) is 15.6 Å². The molecule has 3 heterocycles. The van der Waals surface area contributed by atoms with Crippen molar-refractivity contribution in [2.24, 2.45) is 11.8 Å². The number of Topliss-reactive ketones (excluding diaryl/α,β-unsaturated/α-hetero) is 2. The molecule has 1 saturated carbocycles. The largest absolute Gasteiger partial charge is 0.381 e. The molecule has 3 aliphatic heterocycles. The minimum atomic E-state index is -1.29. The van der Waals surface area contributed by atoms with E-state index < -0.39 is 40.8 Å². The molecule has 13 heteroatoms. The molecule has 42 heavy (non-hydrogen) atoms. The second kappa shape index (κ2) is 11.4. The summed E-state index contributed by atoms with van der Waals surface area (Å²) in [5.74, 6) is -3.93. The van der Waals surface area contributed by atoms with Crippen LogP contribution in [0, 0.1) is 34.3 Å². The van der Waals surface area contributed by atoms with Crippen LogP contribution in [0.1, 0.15) is 37.7 Å². The van der Waals surface area contributed by atoms with Crippen molar-refractivity contribution in [1.82, 2.24) is 10.2 Å². The van der Waals surface area contributed by atoms with Gasteiger partial charge in [-0.2, -0.15) is 0 Å². The fraction of sp³-hybridized carbons (Fsp3) is 0.517. The van der Waals surface area contributed by atoms with E-state index in [1.807, 2.05) is 0 Å². The summed E-state index contributed by atoms with van der Waals surface area (Å²) in [5, 5.41) is 19.4. The van der Waals surface area contributed by atoms with Gasteiger partial charge in [-0.05, 0) is 30.9 Å². The summed E-state index contributed by atoms with van der Waals surface area (Å²) in [5.41, 5.74) is -1.05. The molecule has 3 fully saturated rings. The van der Waals surface area contributed by atoms with Crippen molar-refractivity contribution < 1.29 is 37.2 Å². The van der Waals surface area contributed by atoms with Gasteiger partial charge in [-0.15, -0.1) is 0 Å². The molecule has 2 amide bonds.